The molecule has 4 rings (SSSR count). The summed E-state index contributed by atoms with van der Waals surface area (Å²) in [6.45, 7) is 5.07. The van der Waals surface area contributed by atoms with E-state index < -0.39 is 0 Å². The standard InChI is InChI=1S/C20H29N3O/c24-20(21-19-14-18(19)17-8-2-1-3-9-17)23-12-10-22(11-13-23)15-16-6-4-5-7-16/h1-3,8-9,16,18-19H,4-7,10-15H2,(H,21,24)/t18-,19+/m0/s1. The Morgan fingerprint density at radius 3 is 2.46 bits per heavy atom. The van der Waals surface area contributed by atoms with Gasteiger partial charge in [-0.2, -0.15) is 0 Å². The van der Waals surface area contributed by atoms with Crippen molar-refractivity contribution in [2.45, 2.75) is 44.1 Å². The van der Waals surface area contributed by atoms with Crippen LogP contribution in [-0.4, -0.2) is 54.6 Å². The van der Waals surface area contributed by atoms with Gasteiger partial charge in [-0.3, -0.25) is 4.90 Å². The first-order valence-electron chi connectivity index (χ1n) is 9.62. The van der Waals surface area contributed by atoms with E-state index in [1.165, 1.54) is 37.8 Å². The van der Waals surface area contributed by atoms with E-state index in [2.05, 4.69) is 34.5 Å². The van der Waals surface area contributed by atoms with Crippen LogP contribution in [-0.2, 0) is 0 Å². The third-order valence-electron chi connectivity index (χ3n) is 5.98. The van der Waals surface area contributed by atoms with Crippen molar-refractivity contribution in [3.8, 4) is 0 Å². The van der Waals surface area contributed by atoms with Gasteiger partial charge in [-0.15, -0.1) is 0 Å². The number of nitrogens with zero attached hydrogens (tertiary/aromatic N) is 2. The molecular weight excluding hydrogens is 298 g/mol. The SMILES string of the molecule is O=C(N[C@@H]1C[C@H]1c1ccccc1)N1CCN(CC2CCCC2)CC1. The minimum Gasteiger partial charge on any atom is -0.335 e. The molecule has 0 radical (unpaired) electrons. The lowest BCUT2D eigenvalue weighted by Crippen LogP contribution is -2.52. The van der Waals surface area contributed by atoms with Gasteiger partial charge >= 0.3 is 6.03 Å². The van der Waals surface area contributed by atoms with E-state index in [1.54, 1.807) is 0 Å². The molecule has 1 N–H and O–H groups in total. The highest BCUT2D eigenvalue weighted by Gasteiger charge is 2.40. The molecule has 1 aliphatic heterocycles. The molecule has 0 unspecified atom stereocenters. The number of rotatable bonds is 4. The molecule has 1 aromatic rings. The molecule has 4 nitrogen and oxygen atoms in total. The lowest BCUT2D eigenvalue weighted by Gasteiger charge is -2.36. The summed E-state index contributed by atoms with van der Waals surface area (Å²) in [5.74, 6) is 1.42. The predicted molar refractivity (Wildman–Crippen MR) is 96.1 cm³/mol. The molecule has 24 heavy (non-hydrogen) atoms. The van der Waals surface area contributed by atoms with Gasteiger partial charge < -0.3 is 10.2 Å². The van der Waals surface area contributed by atoms with Gasteiger partial charge in [0.2, 0.25) is 0 Å². The second-order valence-electron chi connectivity index (χ2n) is 7.75. The molecule has 1 saturated heterocycles. The Morgan fingerprint density at radius 2 is 1.75 bits per heavy atom. The fourth-order valence-corrected chi connectivity index (χ4v) is 4.36. The van der Waals surface area contributed by atoms with Crippen molar-refractivity contribution < 1.29 is 4.79 Å². The highest BCUT2D eigenvalue weighted by Crippen LogP contribution is 2.40. The first kappa shape index (κ1) is 15.9. The van der Waals surface area contributed by atoms with Crippen LogP contribution in [0.15, 0.2) is 30.3 Å². The first-order chi connectivity index (χ1) is 11.8. The predicted octanol–water partition coefficient (Wildman–Crippen LogP) is 3.06. The fraction of sp³-hybridized carbons (Fsp3) is 0.650. The Bertz CT molecular complexity index is 547. The molecule has 4 heteroatoms. The third-order valence-corrected chi connectivity index (χ3v) is 5.98. The van der Waals surface area contributed by atoms with E-state index in [1.807, 2.05) is 11.0 Å². The van der Waals surface area contributed by atoms with E-state index in [4.69, 9.17) is 0 Å². The van der Waals surface area contributed by atoms with Gasteiger partial charge in [0.15, 0.2) is 0 Å². The van der Waals surface area contributed by atoms with Crippen LogP contribution in [0.5, 0.6) is 0 Å². The van der Waals surface area contributed by atoms with Crippen molar-refractivity contribution >= 4 is 6.03 Å². The Morgan fingerprint density at radius 1 is 1.04 bits per heavy atom. The monoisotopic (exact) mass is 327 g/mol. The largest absolute Gasteiger partial charge is 0.335 e. The molecule has 2 aliphatic carbocycles. The second-order valence-corrected chi connectivity index (χ2v) is 7.75. The highest BCUT2D eigenvalue weighted by molar-refractivity contribution is 5.75. The zero-order chi connectivity index (χ0) is 16.4. The molecule has 2 saturated carbocycles. The average Bonchev–Trinajstić information content (AvgIpc) is 3.19. The number of hydrogen-bond donors (Lipinski definition) is 1. The number of carbonyl (C=O) groups is 1. The van der Waals surface area contributed by atoms with Crippen molar-refractivity contribution in [2.24, 2.45) is 5.92 Å². The Balaban J connectivity index is 1.20. The molecule has 130 valence electrons. The summed E-state index contributed by atoms with van der Waals surface area (Å²) in [4.78, 5) is 17.0. The van der Waals surface area contributed by atoms with E-state index in [-0.39, 0.29) is 6.03 Å². The van der Waals surface area contributed by atoms with E-state index in [0.29, 0.717) is 12.0 Å². The molecule has 0 bridgehead atoms. The summed E-state index contributed by atoms with van der Waals surface area (Å²) in [6, 6.07) is 11.0. The molecule has 0 aromatic heterocycles. The van der Waals surface area contributed by atoms with Gasteiger partial charge in [-0.1, -0.05) is 43.2 Å². The van der Waals surface area contributed by atoms with Crippen LogP contribution in [0.4, 0.5) is 4.79 Å². The summed E-state index contributed by atoms with van der Waals surface area (Å²) in [7, 11) is 0. The summed E-state index contributed by atoms with van der Waals surface area (Å²) >= 11 is 0. The topological polar surface area (TPSA) is 35.6 Å². The van der Waals surface area contributed by atoms with Crippen molar-refractivity contribution in [1.29, 1.82) is 0 Å². The Hall–Kier alpha value is -1.55. The average molecular weight is 327 g/mol. The third kappa shape index (κ3) is 3.75. The van der Waals surface area contributed by atoms with Gasteiger partial charge in [0.1, 0.15) is 0 Å². The first-order valence-corrected chi connectivity index (χ1v) is 9.62. The van der Waals surface area contributed by atoms with E-state index >= 15 is 0 Å². The molecule has 2 amide bonds. The van der Waals surface area contributed by atoms with Crippen LogP contribution in [0.1, 0.15) is 43.6 Å². The summed E-state index contributed by atoms with van der Waals surface area (Å²) in [6.07, 6.45) is 6.72. The zero-order valence-electron chi connectivity index (χ0n) is 14.5. The van der Waals surface area contributed by atoms with E-state index in [9.17, 15) is 4.79 Å². The lowest BCUT2D eigenvalue weighted by atomic mass is 10.1. The molecule has 3 fully saturated rings. The molecule has 0 spiro atoms. The van der Waals surface area contributed by atoms with Crippen LogP contribution >= 0.6 is 0 Å². The van der Waals surface area contributed by atoms with Gasteiger partial charge in [-0.25, -0.2) is 4.79 Å². The van der Waals surface area contributed by atoms with Gasteiger partial charge in [0, 0.05) is 44.7 Å². The van der Waals surface area contributed by atoms with Crippen molar-refractivity contribution in [3.05, 3.63) is 35.9 Å². The number of urea groups is 1. The maximum Gasteiger partial charge on any atom is 0.317 e. The maximum atomic E-state index is 12.5. The summed E-state index contributed by atoms with van der Waals surface area (Å²) < 4.78 is 0. The van der Waals surface area contributed by atoms with Crippen LogP contribution in [0, 0.1) is 5.92 Å². The van der Waals surface area contributed by atoms with Crippen LogP contribution in [0.3, 0.4) is 0 Å². The van der Waals surface area contributed by atoms with Crippen molar-refractivity contribution in [1.82, 2.24) is 15.1 Å². The summed E-state index contributed by atoms with van der Waals surface area (Å²) in [5, 5.41) is 3.23. The normalized spacial score (nSPS) is 28.1. The highest BCUT2D eigenvalue weighted by atomic mass is 16.2. The van der Waals surface area contributed by atoms with Crippen LogP contribution < -0.4 is 5.32 Å². The van der Waals surface area contributed by atoms with Crippen molar-refractivity contribution in [3.63, 3.8) is 0 Å². The quantitative estimate of drug-likeness (QED) is 0.922. The van der Waals surface area contributed by atoms with E-state index in [0.717, 1.165) is 38.5 Å². The lowest BCUT2D eigenvalue weighted by molar-refractivity contribution is 0.127. The molecular formula is C20H29N3O. The van der Waals surface area contributed by atoms with Gasteiger partial charge in [0.25, 0.3) is 0 Å². The zero-order valence-corrected chi connectivity index (χ0v) is 14.5. The molecule has 3 aliphatic rings. The van der Waals surface area contributed by atoms with Crippen LogP contribution in [0.2, 0.25) is 0 Å². The Labute approximate surface area is 145 Å². The number of nitrogens with one attached hydrogen (secondary N) is 1. The molecule has 1 aromatic carbocycles. The van der Waals surface area contributed by atoms with Gasteiger partial charge in [0.05, 0.1) is 0 Å². The number of carbonyl (C=O) groups excluding carboxylic acids is 1. The van der Waals surface area contributed by atoms with Crippen molar-refractivity contribution in [2.75, 3.05) is 32.7 Å². The number of amides is 2. The number of benzene rings is 1. The second kappa shape index (κ2) is 7.14. The van der Waals surface area contributed by atoms with Gasteiger partial charge in [-0.05, 0) is 30.7 Å². The smallest absolute Gasteiger partial charge is 0.317 e. The molecule has 1 heterocycles. The fourth-order valence-electron chi connectivity index (χ4n) is 4.36. The minimum atomic E-state index is 0.138. The number of piperazine rings is 1. The number of hydrogen-bond acceptors (Lipinski definition) is 2. The summed E-state index contributed by atoms with van der Waals surface area (Å²) in [5.41, 5.74) is 1.35. The minimum absolute atomic E-state index is 0.138. The molecule has 2 atom stereocenters. The maximum absolute atomic E-state index is 12.5. The Kier molecular flexibility index (Phi) is 4.74. The van der Waals surface area contributed by atoms with Crippen LogP contribution in [0.25, 0.3) is 0 Å².